The van der Waals surface area contributed by atoms with Gasteiger partial charge in [-0.3, -0.25) is 9.59 Å². The molecule has 2 aliphatic heterocycles. The topological polar surface area (TPSA) is 97.5 Å². The van der Waals surface area contributed by atoms with Crippen LogP contribution in [-0.2, 0) is 11.0 Å². The fraction of sp³-hybridized carbons (Fsp3) is 0.458. The number of aromatic nitrogens is 1. The van der Waals surface area contributed by atoms with Crippen LogP contribution in [0.2, 0.25) is 0 Å². The minimum absolute atomic E-state index is 0.133. The summed E-state index contributed by atoms with van der Waals surface area (Å²) in [6, 6.07) is 8.48. The SMILES string of the molecule is CC(C)(Oc1ccccc1C(F)(F)F)C(=O)NC1C[C@H]2CC[C@@H](C1)N2c1ccc(C(N)=O)cn1. The zero-order valence-electron chi connectivity index (χ0n) is 18.9. The number of carbonyl (C=O) groups is 2. The number of hydrogen-bond acceptors (Lipinski definition) is 5. The van der Waals surface area contributed by atoms with Crippen LogP contribution in [0.4, 0.5) is 19.0 Å². The number of alkyl halides is 3. The number of nitrogens with one attached hydrogen (secondary N) is 1. The number of fused-ring (bicyclic) bond motifs is 2. The number of ether oxygens (including phenoxy) is 1. The maximum atomic E-state index is 13.3. The number of primary amides is 1. The number of rotatable bonds is 6. The van der Waals surface area contributed by atoms with Gasteiger partial charge in [0.05, 0.1) is 11.1 Å². The van der Waals surface area contributed by atoms with Crippen molar-refractivity contribution in [3.63, 3.8) is 0 Å². The largest absolute Gasteiger partial charge is 0.477 e. The van der Waals surface area contributed by atoms with Crippen molar-refractivity contribution in [3.05, 3.63) is 53.7 Å². The lowest BCUT2D eigenvalue weighted by Gasteiger charge is -2.41. The highest BCUT2D eigenvalue weighted by Crippen LogP contribution is 2.39. The zero-order chi connectivity index (χ0) is 24.7. The second kappa shape index (κ2) is 8.81. The highest BCUT2D eigenvalue weighted by Gasteiger charge is 2.43. The first-order valence-electron chi connectivity index (χ1n) is 11.2. The van der Waals surface area contributed by atoms with E-state index in [9.17, 15) is 22.8 Å². The van der Waals surface area contributed by atoms with E-state index in [4.69, 9.17) is 10.5 Å². The Morgan fingerprint density at radius 2 is 1.74 bits per heavy atom. The zero-order valence-corrected chi connectivity index (χ0v) is 18.9. The Morgan fingerprint density at radius 1 is 1.09 bits per heavy atom. The van der Waals surface area contributed by atoms with Gasteiger partial charge in [0.2, 0.25) is 5.91 Å². The van der Waals surface area contributed by atoms with Gasteiger partial charge in [0.25, 0.3) is 5.91 Å². The number of halogens is 3. The predicted octanol–water partition coefficient (Wildman–Crippen LogP) is 3.67. The van der Waals surface area contributed by atoms with Crippen molar-refractivity contribution >= 4 is 17.6 Å². The van der Waals surface area contributed by atoms with Crippen LogP contribution in [0, 0.1) is 0 Å². The maximum absolute atomic E-state index is 13.3. The van der Waals surface area contributed by atoms with Crippen molar-refractivity contribution < 1.29 is 27.5 Å². The van der Waals surface area contributed by atoms with Gasteiger partial charge >= 0.3 is 6.18 Å². The third kappa shape index (κ3) is 4.80. The van der Waals surface area contributed by atoms with E-state index < -0.39 is 29.2 Å². The molecule has 2 amide bonds. The Kier molecular flexibility index (Phi) is 6.18. The summed E-state index contributed by atoms with van der Waals surface area (Å²) < 4.78 is 45.5. The number of nitrogens with zero attached hydrogens (tertiary/aromatic N) is 2. The Hall–Kier alpha value is -3.30. The Labute approximate surface area is 195 Å². The van der Waals surface area contributed by atoms with Gasteiger partial charge in [-0.05, 0) is 63.8 Å². The molecule has 2 fully saturated rings. The van der Waals surface area contributed by atoms with Crippen LogP contribution < -0.4 is 20.7 Å². The summed E-state index contributed by atoms with van der Waals surface area (Å²) in [7, 11) is 0. The number of para-hydroxylation sites is 1. The van der Waals surface area contributed by atoms with Crippen molar-refractivity contribution in [1.82, 2.24) is 10.3 Å². The summed E-state index contributed by atoms with van der Waals surface area (Å²) in [5.41, 5.74) is 3.21. The fourth-order valence-electron chi connectivity index (χ4n) is 4.82. The van der Waals surface area contributed by atoms with Crippen molar-refractivity contribution in [2.45, 2.75) is 69.4 Å². The fourth-order valence-corrected chi connectivity index (χ4v) is 4.82. The first kappa shape index (κ1) is 23.8. The molecule has 1 aromatic heterocycles. The second-order valence-electron chi connectivity index (χ2n) is 9.31. The van der Waals surface area contributed by atoms with Crippen molar-refractivity contribution in [2.75, 3.05) is 4.90 Å². The van der Waals surface area contributed by atoms with Crippen LogP contribution in [0.5, 0.6) is 5.75 Å². The molecule has 0 radical (unpaired) electrons. The van der Waals surface area contributed by atoms with Gasteiger partial charge in [0.1, 0.15) is 11.6 Å². The molecule has 4 rings (SSSR count). The van der Waals surface area contributed by atoms with E-state index in [0.717, 1.165) is 24.7 Å². The lowest BCUT2D eigenvalue weighted by molar-refractivity contribution is -0.143. The van der Waals surface area contributed by atoms with Crippen LogP contribution in [-0.4, -0.2) is 40.5 Å². The molecule has 34 heavy (non-hydrogen) atoms. The minimum atomic E-state index is -4.58. The van der Waals surface area contributed by atoms with Gasteiger partial charge in [0.15, 0.2) is 5.60 Å². The predicted molar refractivity (Wildman–Crippen MR) is 119 cm³/mol. The third-order valence-electron chi connectivity index (χ3n) is 6.47. The molecule has 3 atom stereocenters. The summed E-state index contributed by atoms with van der Waals surface area (Å²) in [6.07, 6.45) is 0.111. The number of pyridine rings is 1. The standard InChI is InChI=1S/C24H27F3N4O3/c1-23(2,34-19-6-4-3-5-18(19)24(25,26)27)22(33)30-15-11-16-8-9-17(12-15)31(16)20-10-7-14(13-29-20)21(28)32/h3-7,10,13,15-17H,8-9,11-12H2,1-2H3,(H2,28,32)(H,30,33)/t15?,16-,17+. The van der Waals surface area contributed by atoms with Crippen LogP contribution in [0.25, 0.3) is 0 Å². The highest BCUT2D eigenvalue weighted by molar-refractivity contribution is 5.92. The first-order valence-corrected chi connectivity index (χ1v) is 11.2. The molecule has 2 bridgehead atoms. The summed E-state index contributed by atoms with van der Waals surface area (Å²) in [5, 5.41) is 2.98. The molecule has 2 aromatic rings. The van der Waals surface area contributed by atoms with E-state index in [2.05, 4.69) is 15.2 Å². The number of piperidine rings is 1. The average Bonchev–Trinajstić information content (AvgIpc) is 3.03. The first-order chi connectivity index (χ1) is 16.0. The van der Waals surface area contributed by atoms with E-state index >= 15 is 0 Å². The average molecular weight is 476 g/mol. The normalized spacial score (nSPS) is 22.4. The second-order valence-corrected chi connectivity index (χ2v) is 9.31. The highest BCUT2D eigenvalue weighted by atomic mass is 19.4. The Morgan fingerprint density at radius 3 is 2.29 bits per heavy atom. The van der Waals surface area contributed by atoms with E-state index in [0.29, 0.717) is 18.4 Å². The van der Waals surface area contributed by atoms with Gasteiger partial charge in [0, 0.05) is 24.3 Å². The van der Waals surface area contributed by atoms with Crippen molar-refractivity contribution in [1.29, 1.82) is 0 Å². The van der Waals surface area contributed by atoms with Crippen molar-refractivity contribution in [3.8, 4) is 5.75 Å². The molecule has 2 saturated heterocycles. The number of hydrogen-bond donors (Lipinski definition) is 2. The number of carbonyl (C=O) groups excluding carboxylic acids is 2. The van der Waals surface area contributed by atoms with Crippen LogP contribution in [0.3, 0.4) is 0 Å². The molecule has 0 saturated carbocycles. The van der Waals surface area contributed by atoms with E-state index in [1.807, 2.05) is 0 Å². The molecular weight excluding hydrogens is 449 g/mol. The van der Waals surface area contributed by atoms with E-state index in [1.165, 1.54) is 38.2 Å². The monoisotopic (exact) mass is 476 g/mol. The van der Waals surface area contributed by atoms with E-state index in [-0.39, 0.29) is 23.9 Å². The summed E-state index contributed by atoms with van der Waals surface area (Å²) in [4.78, 5) is 30.9. The van der Waals surface area contributed by atoms with Gasteiger partial charge < -0.3 is 20.7 Å². The van der Waals surface area contributed by atoms with Crippen LogP contribution in [0.1, 0.15) is 55.5 Å². The third-order valence-corrected chi connectivity index (χ3v) is 6.47. The van der Waals surface area contributed by atoms with E-state index in [1.54, 1.807) is 12.1 Å². The minimum Gasteiger partial charge on any atom is -0.477 e. The molecule has 0 aliphatic carbocycles. The molecular formula is C24H27F3N4O3. The molecule has 2 aliphatic rings. The molecule has 1 unspecified atom stereocenters. The summed E-state index contributed by atoms with van der Waals surface area (Å²) >= 11 is 0. The smallest absolute Gasteiger partial charge is 0.419 e. The number of nitrogens with two attached hydrogens (primary N) is 1. The quantitative estimate of drug-likeness (QED) is 0.663. The van der Waals surface area contributed by atoms with Crippen LogP contribution >= 0.6 is 0 Å². The molecule has 7 nitrogen and oxygen atoms in total. The van der Waals surface area contributed by atoms with Gasteiger partial charge in [-0.15, -0.1) is 0 Å². The van der Waals surface area contributed by atoms with Gasteiger partial charge in [-0.1, -0.05) is 12.1 Å². The number of amides is 2. The van der Waals surface area contributed by atoms with Crippen molar-refractivity contribution in [2.24, 2.45) is 5.73 Å². The Bertz CT molecular complexity index is 1060. The molecule has 182 valence electrons. The molecule has 10 heteroatoms. The molecule has 1 aromatic carbocycles. The Balaban J connectivity index is 1.42. The summed E-state index contributed by atoms with van der Waals surface area (Å²) in [6.45, 7) is 2.92. The number of benzene rings is 1. The van der Waals surface area contributed by atoms with Gasteiger partial charge in [-0.2, -0.15) is 13.2 Å². The molecule has 3 heterocycles. The van der Waals surface area contributed by atoms with Gasteiger partial charge in [-0.25, -0.2) is 4.98 Å². The lowest BCUT2D eigenvalue weighted by atomic mass is 9.96. The number of anilines is 1. The molecule has 0 spiro atoms. The summed E-state index contributed by atoms with van der Waals surface area (Å²) in [5.74, 6) is -0.623. The van der Waals surface area contributed by atoms with Crippen LogP contribution in [0.15, 0.2) is 42.6 Å². The maximum Gasteiger partial charge on any atom is 0.419 e. The molecule has 3 N–H and O–H groups in total. The lowest BCUT2D eigenvalue weighted by Crippen LogP contribution is -2.55.